The number of anilines is 1. The number of hydrogen-bond donors (Lipinski definition) is 0. The molecule has 4 aromatic rings. The van der Waals surface area contributed by atoms with Crippen LogP contribution in [0.4, 0.5) is 5.69 Å². The molecule has 0 saturated carbocycles. The van der Waals surface area contributed by atoms with Gasteiger partial charge in [0.25, 0.3) is 0 Å². The number of hydroxylamine groups is 1. The highest BCUT2D eigenvalue weighted by atomic mass is 32.1. The molecule has 5 heteroatoms. The molecule has 0 spiro atoms. The monoisotopic (exact) mass is 547 g/mol. The highest BCUT2D eigenvalue weighted by Gasteiger charge is 2.24. The Bertz CT molecular complexity index is 1610. The maximum atomic E-state index is 12.5. The number of allylic oxidation sites excluding steroid dienone is 1. The molecule has 1 atom stereocenters. The van der Waals surface area contributed by atoms with Gasteiger partial charge in [0.15, 0.2) is 6.29 Å². The number of rotatable bonds is 5. The van der Waals surface area contributed by atoms with Crippen LogP contribution in [0.25, 0.3) is 33.2 Å². The molecule has 1 amide bonds. The van der Waals surface area contributed by atoms with Gasteiger partial charge in [0.05, 0.1) is 5.69 Å². The van der Waals surface area contributed by atoms with Crippen LogP contribution in [0, 0.1) is 0 Å². The Labute approximate surface area is 239 Å². The third-order valence-corrected chi connectivity index (χ3v) is 9.54. The Balaban J connectivity index is 1.14. The van der Waals surface area contributed by atoms with Gasteiger partial charge in [-0.15, -0.1) is 11.3 Å². The molecule has 7 rings (SSSR count). The van der Waals surface area contributed by atoms with E-state index in [-0.39, 0.29) is 12.2 Å². The molecule has 3 aliphatic rings. The lowest BCUT2D eigenvalue weighted by Gasteiger charge is -2.28. The molecule has 1 unspecified atom stereocenters. The van der Waals surface area contributed by atoms with Crippen molar-refractivity contribution >= 4 is 34.6 Å². The van der Waals surface area contributed by atoms with Gasteiger partial charge in [-0.2, -0.15) is 5.06 Å². The fourth-order valence-electron chi connectivity index (χ4n) is 6.33. The number of hydrogen-bond acceptors (Lipinski definition) is 4. The van der Waals surface area contributed by atoms with E-state index in [9.17, 15) is 4.79 Å². The molecule has 1 aromatic heterocycles. The van der Waals surface area contributed by atoms with E-state index >= 15 is 0 Å². The van der Waals surface area contributed by atoms with Crippen LogP contribution in [-0.4, -0.2) is 18.8 Å². The minimum atomic E-state index is -0.379. The van der Waals surface area contributed by atoms with Crippen molar-refractivity contribution in [2.75, 3.05) is 11.7 Å². The maximum absolute atomic E-state index is 12.5. The lowest BCUT2D eigenvalue weighted by molar-refractivity contribution is -0.176. The SMILES string of the molecule is CC(=O)N(OC1CCCCO1)c1cccc(-c2ccc(C3=Cc4ccc5c(c4CC3)CCc3ccccc3-5)s2)c1. The Morgan fingerprint density at radius 2 is 1.75 bits per heavy atom. The van der Waals surface area contributed by atoms with Gasteiger partial charge in [-0.1, -0.05) is 54.6 Å². The number of thiophene rings is 1. The molecule has 0 bridgehead atoms. The molecule has 2 aliphatic carbocycles. The van der Waals surface area contributed by atoms with Gasteiger partial charge >= 0.3 is 0 Å². The van der Waals surface area contributed by atoms with Crippen molar-refractivity contribution in [1.29, 1.82) is 0 Å². The van der Waals surface area contributed by atoms with E-state index < -0.39 is 0 Å². The van der Waals surface area contributed by atoms with Crippen molar-refractivity contribution in [3.63, 3.8) is 0 Å². The van der Waals surface area contributed by atoms with E-state index in [0.717, 1.165) is 56.2 Å². The first kappa shape index (κ1) is 25.5. The van der Waals surface area contributed by atoms with Crippen LogP contribution >= 0.6 is 11.3 Å². The summed E-state index contributed by atoms with van der Waals surface area (Å²) in [6.07, 6.45) is 9.31. The second kappa shape index (κ2) is 10.8. The molecule has 0 radical (unpaired) electrons. The zero-order chi connectivity index (χ0) is 27.1. The standard InChI is InChI=1S/C35H33NO3S/c1-23(37)36(39-35-11-4-5-20-38-35)28-9-6-8-26(22-28)33-18-19-34(40-33)27-14-15-30-25(21-27)13-17-31-29-10-3-2-7-24(29)12-16-32(30)31/h2-3,6-10,13,17-19,21-22,35H,4-5,11-12,14-16,20H2,1H3. The number of carbonyl (C=O) groups excluding carboxylic acids is 1. The quantitative estimate of drug-likeness (QED) is 0.235. The lowest BCUT2D eigenvalue weighted by Crippen LogP contribution is -2.36. The normalized spacial score (nSPS) is 17.8. The second-order valence-corrected chi connectivity index (χ2v) is 12.0. The first-order chi connectivity index (χ1) is 19.6. The number of carbonyl (C=O) groups is 1. The van der Waals surface area contributed by atoms with Crippen LogP contribution in [-0.2, 0) is 33.6 Å². The van der Waals surface area contributed by atoms with E-state index in [1.54, 1.807) is 5.56 Å². The average molecular weight is 548 g/mol. The van der Waals surface area contributed by atoms with Crippen molar-refractivity contribution < 1.29 is 14.4 Å². The Kier molecular flexibility index (Phi) is 6.88. The van der Waals surface area contributed by atoms with Crippen molar-refractivity contribution in [2.24, 2.45) is 0 Å². The van der Waals surface area contributed by atoms with Crippen LogP contribution in [0.5, 0.6) is 0 Å². The van der Waals surface area contributed by atoms with Gasteiger partial charge < -0.3 is 4.74 Å². The van der Waals surface area contributed by atoms with Crippen LogP contribution in [0.3, 0.4) is 0 Å². The number of fused-ring (bicyclic) bond motifs is 5. The van der Waals surface area contributed by atoms with Crippen LogP contribution < -0.4 is 5.06 Å². The molecule has 1 saturated heterocycles. The summed E-state index contributed by atoms with van der Waals surface area (Å²) in [5, 5.41) is 1.38. The van der Waals surface area contributed by atoms with E-state index in [0.29, 0.717) is 6.61 Å². The van der Waals surface area contributed by atoms with Gasteiger partial charge in [-0.25, -0.2) is 4.84 Å². The number of aryl methyl sites for hydroxylation is 1. The molecule has 40 heavy (non-hydrogen) atoms. The fraction of sp³-hybridized carbons (Fsp3) is 0.286. The molecule has 4 nitrogen and oxygen atoms in total. The predicted molar refractivity (Wildman–Crippen MR) is 163 cm³/mol. The van der Waals surface area contributed by atoms with E-state index in [4.69, 9.17) is 9.57 Å². The van der Waals surface area contributed by atoms with Gasteiger partial charge in [-0.3, -0.25) is 4.79 Å². The van der Waals surface area contributed by atoms with E-state index in [2.05, 4.69) is 60.7 Å². The van der Waals surface area contributed by atoms with Crippen molar-refractivity contribution in [3.8, 4) is 21.6 Å². The Morgan fingerprint density at radius 3 is 2.62 bits per heavy atom. The largest absolute Gasteiger partial charge is 0.350 e. The van der Waals surface area contributed by atoms with Gasteiger partial charge in [0.2, 0.25) is 5.91 Å². The summed E-state index contributed by atoms with van der Waals surface area (Å²) in [7, 11) is 0. The van der Waals surface area contributed by atoms with Crippen LogP contribution in [0.2, 0.25) is 0 Å². The molecule has 2 heterocycles. The number of ether oxygens (including phenoxy) is 1. The molecular weight excluding hydrogens is 514 g/mol. The molecule has 202 valence electrons. The topological polar surface area (TPSA) is 38.8 Å². The van der Waals surface area contributed by atoms with E-state index in [1.807, 2.05) is 29.5 Å². The average Bonchev–Trinajstić information content (AvgIpc) is 3.50. The summed E-state index contributed by atoms with van der Waals surface area (Å²) in [6.45, 7) is 2.20. The minimum Gasteiger partial charge on any atom is -0.350 e. The van der Waals surface area contributed by atoms with Gasteiger partial charge in [0.1, 0.15) is 0 Å². The number of nitrogens with zero attached hydrogens (tertiary/aromatic N) is 1. The van der Waals surface area contributed by atoms with Crippen molar-refractivity contribution in [3.05, 3.63) is 99.9 Å². The molecule has 0 N–H and O–H groups in total. The number of benzene rings is 3. The summed E-state index contributed by atoms with van der Waals surface area (Å²) in [5.74, 6) is -0.158. The first-order valence-corrected chi connectivity index (χ1v) is 15.2. The third-order valence-electron chi connectivity index (χ3n) is 8.33. The second-order valence-electron chi connectivity index (χ2n) is 10.9. The Morgan fingerprint density at radius 1 is 0.875 bits per heavy atom. The molecular formula is C35H33NO3S. The fourth-order valence-corrected chi connectivity index (χ4v) is 7.38. The first-order valence-electron chi connectivity index (χ1n) is 14.4. The van der Waals surface area contributed by atoms with Crippen molar-refractivity contribution in [1.82, 2.24) is 0 Å². The predicted octanol–water partition coefficient (Wildman–Crippen LogP) is 8.48. The molecule has 1 aliphatic heterocycles. The summed E-state index contributed by atoms with van der Waals surface area (Å²) >= 11 is 1.81. The van der Waals surface area contributed by atoms with Gasteiger partial charge in [0, 0.05) is 29.7 Å². The smallest absolute Gasteiger partial charge is 0.247 e. The molecule has 1 fully saturated rings. The molecule has 3 aromatic carbocycles. The van der Waals surface area contributed by atoms with Crippen LogP contribution in [0.1, 0.15) is 59.7 Å². The van der Waals surface area contributed by atoms with Gasteiger partial charge in [-0.05, 0) is 107 Å². The highest BCUT2D eigenvalue weighted by Crippen LogP contribution is 2.42. The summed E-state index contributed by atoms with van der Waals surface area (Å²) in [4.78, 5) is 20.9. The summed E-state index contributed by atoms with van der Waals surface area (Å²) in [6, 6.07) is 26.0. The highest BCUT2D eigenvalue weighted by molar-refractivity contribution is 7.16. The van der Waals surface area contributed by atoms with Crippen molar-refractivity contribution in [2.45, 2.75) is 58.2 Å². The maximum Gasteiger partial charge on any atom is 0.247 e. The zero-order valence-corrected chi connectivity index (χ0v) is 23.6. The minimum absolute atomic E-state index is 0.158. The third kappa shape index (κ3) is 4.83. The van der Waals surface area contributed by atoms with E-state index in [1.165, 1.54) is 55.1 Å². The number of amides is 1. The summed E-state index contributed by atoms with van der Waals surface area (Å²) < 4.78 is 5.72. The summed E-state index contributed by atoms with van der Waals surface area (Å²) in [5.41, 5.74) is 12.0. The van der Waals surface area contributed by atoms with Crippen LogP contribution in [0.15, 0.2) is 72.8 Å². The zero-order valence-electron chi connectivity index (χ0n) is 22.8. The lowest BCUT2D eigenvalue weighted by atomic mass is 9.78. The Hall–Kier alpha value is -3.51.